The normalized spacial score (nSPS) is 14.8. The highest BCUT2D eigenvalue weighted by molar-refractivity contribution is 9.09. The van der Waals surface area contributed by atoms with Gasteiger partial charge in [-0.1, -0.05) is 56.2 Å². The molecule has 0 saturated heterocycles. The van der Waals surface area contributed by atoms with Gasteiger partial charge in [-0.3, -0.25) is 0 Å². The lowest BCUT2D eigenvalue weighted by molar-refractivity contribution is 0.0878. The molecule has 0 aromatic rings. The first-order valence-corrected chi connectivity index (χ1v) is 9.58. The Morgan fingerprint density at radius 3 is 2.29 bits per heavy atom. The summed E-state index contributed by atoms with van der Waals surface area (Å²) in [5.74, 6) is 0.680. The molecule has 0 saturated carbocycles. The largest absolute Gasteiger partial charge is 0.381 e. The average Bonchev–Trinajstić information content (AvgIpc) is 2.12. The molecule has 0 aliphatic heterocycles. The average molecular weight is 281 g/mol. The molecule has 0 amide bonds. The molecule has 0 aliphatic rings. The second-order valence-corrected chi connectivity index (χ2v) is 9.61. The number of hydrogen-bond acceptors (Lipinski definition) is 1. The SMILES string of the molecule is CCC(CBr)COCC(C)(C)[SiH](C)C. The molecule has 14 heavy (non-hydrogen) atoms. The van der Waals surface area contributed by atoms with Gasteiger partial charge in [0.05, 0.1) is 6.61 Å². The van der Waals surface area contributed by atoms with Gasteiger partial charge in [-0.05, 0) is 11.0 Å². The monoisotopic (exact) mass is 280 g/mol. The maximum Gasteiger partial charge on any atom is 0.0502 e. The lowest BCUT2D eigenvalue weighted by Crippen LogP contribution is -2.27. The molecule has 1 nitrogen and oxygen atoms in total. The topological polar surface area (TPSA) is 9.23 Å². The van der Waals surface area contributed by atoms with Crippen molar-refractivity contribution in [2.45, 2.75) is 45.3 Å². The van der Waals surface area contributed by atoms with Crippen molar-refractivity contribution in [3.8, 4) is 0 Å². The molecule has 0 aliphatic carbocycles. The van der Waals surface area contributed by atoms with Crippen LogP contribution in [0.15, 0.2) is 0 Å². The highest BCUT2D eigenvalue weighted by atomic mass is 79.9. The van der Waals surface area contributed by atoms with E-state index in [1.165, 1.54) is 6.42 Å². The quantitative estimate of drug-likeness (QED) is 0.511. The van der Waals surface area contributed by atoms with E-state index in [0.29, 0.717) is 11.0 Å². The third-order valence-electron chi connectivity index (χ3n) is 3.19. The Morgan fingerprint density at radius 1 is 1.36 bits per heavy atom. The molecular weight excluding hydrogens is 256 g/mol. The number of alkyl halides is 1. The van der Waals surface area contributed by atoms with Gasteiger partial charge in [0.2, 0.25) is 0 Å². The van der Waals surface area contributed by atoms with Gasteiger partial charge >= 0.3 is 0 Å². The van der Waals surface area contributed by atoms with Crippen molar-refractivity contribution in [1.29, 1.82) is 0 Å². The molecule has 0 N–H and O–H groups in total. The van der Waals surface area contributed by atoms with Gasteiger partial charge in [-0.15, -0.1) is 0 Å². The summed E-state index contributed by atoms with van der Waals surface area (Å²) in [5.41, 5.74) is 0. The first-order valence-electron chi connectivity index (χ1n) is 5.57. The fourth-order valence-electron chi connectivity index (χ4n) is 0.927. The predicted octanol–water partition coefficient (Wildman–Crippen LogP) is 3.69. The van der Waals surface area contributed by atoms with Gasteiger partial charge in [0.1, 0.15) is 0 Å². The Hall–Kier alpha value is 0.657. The van der Waals surface area contributed by atoms with Crippen molar-refractivity contribution in [1.82, 2.24) is 0 Å². The van der Waals surface area contributed by atoms with Crippen molar-refractivity contribution in [3.05, 3.63) is 0 Å². The van der Waals surface area contributed by atoms with E-state index in [1.54, 1.807) is 0 Å². The third-order valence-corrected chi connectivity index (χ3v) is 7.39. The van der Waals surface area contributed by atoms with Crippen molar-refractivity contribution in [3.63, 3.8) is 0 Å². The van der Waals surface area contributed by atoms with Crippen LogP contribution in [0.5, 0.6) is 0 Å². The summed E-state index contributed by atoms with van der Waals surface area (Å²) in [4.78, 5) is 0. The van der Waals surface area contributed by atoms with Crippen molar-refractivity contribution >= 4 is 24.7 Å². The molecule has 0 fully saturated rings. The highest BCUT2D eigenvalue weighted by Gasteiger charge is 2.23. The first kappa shape index (κ1) is 14.7. The van der Waals surface area contributed by atoms with E-state index in [1.807, 2.05) is 0 Å². The number of rotatable bonds is 7. The summed E-state index contributed by atoms with van der Waals surface area (Å²) in [7, 11) is -0.597. The molecule has 0 heterocycles. The minimum Gasteiger partial charge on any atom is -0.381 e. The predicted molar refractivity (Wildman–Crippen MR) is 71.3 cm³/mol. The summed E-state index contributed by atoms with van der Waals surface area (Å²) in [6.45, 7) is 13.5. The standard InChI is InChI=1S/C11H25BrOSi/c1-6-10(7-12)8-13-9-11(2,3)14(4)5/h10,14H,6-9H2,1-5H3. The zero-order valence-corrected chi connectivity index (χ0v) is 13.0. The van der Waals surface area contributed by atoms with E-state index in [9.17, 15) is 0 Å². The van der Waals surface area contributed by atoms with Crippen LogP contribution in [-0.4, -0.2) is 27.3 Å². The molecule has 1 unspecified atom stereocenters. The molecular formula is C11H25BrOSi. The third kappa shape index (κ3) is 5.52. The molecule has 3 heteroatoms. The van der Waals surface area contributed by atoms with Crippen LogP contribution in [0.2, 0.25) is 18.1 Å². The van der Waals surface area contributed by atoms with Crippen molar-refractivity contribution in [2.24, 2.45) is 5.92 Å². The molecule has 0 spiro atoms. The van der Waals surface area contributed by atoms with Crippen LogP contribution in [0.4, 0.5) is 0 Å². The second-order valence-electron chi connectivity index (χ2n) is 5.09. The molecule has 0 rings (SSSR count). The minimum absolute atomic E-state index is 0.435. The van der Waals surface area contributed by atoms with Gasteiger partial charge < -0.3 is 4.74 Å². The zero-order valence-electron chi connectivity index (χ0n) is 10.3. The Labute approximate surface area is 99.3 Å². The van der Waals surface area contributed by atoms with E-state index in [4.69, 9.17) is 4.74 Å². The molecule has 86 valence electrons. The van der Waals surface area contributed by atoms with E-state index in [-0.39, 0.29) is 0 Å². The highest BCUT2D eigenvalue weighted by Crippen LogP contribution is 2.28. The molecule has 0 aromatic carbocycles. The number of hydrogen-bond donors (Lipinski definition) is 0. The summed E-state index contributed by atoms with van der Waals surface area (Å²) in [5, 5.41) is 1.49. The maximum absolute atomic E-state index is 5.81. The van der Waals surface area contributed by atoms with Crippen LogP contribution in [0.25, 0.3) is 0 Å². The minimum atomic E-state index is -0.597. The van der Waals surface area contributed by atoms with E-state index >= 15 is 0 Å². The smallest absolute Gasteiger partial charge is 0.0502 e. The fraction of sp³-hybridized carbons (Fsp3) is 1.00. The Bertz CT molecular complexity index is 144. The van der Waals surface area contributed by atoms with E-state index in [0.717, 1.165) is 18.5 Å². The lowest BCUT2D eigenvalue weighted by atomic mass is 10.1. The molecule has 0 radical (unpaired) electrons. The van der Waals surface area contributed by atoms with Crippen LogP contribution in [0.3, 0.4) is 0 Å². The van der Waals surface area contributed by atoms with Crippen molar-refractivity contribution < 1.29 is 4.74 Å². The van der Waals surface area contributed by atoms with E-state index < -0.39 is 8.80 Å². The summed E-state index contributed by atoms with van der Waals surface area (Å²) in [6, 6.07) is 0. The fourth-order valence-corrected chi connectivity index (χ4v) is 2.02. The Kier molecular flexibility index (Phi) is 7.35. The summed E-state index contributed by atoms with van der Waals surface area (Å²) < 4.78 is 5.81. The maximum atomic E-state index is 5.81. The van der Waals surface area contributed by atoms with Gasteiger partial charge in [-0.2, -0.15) is 0 Å². The number of ether oxygens (including phenoxy) is 1. The zero-order chi connectivity index (χ0) is 11.2. The van der Waals surface area contributed by atoms with Crippen molar-refractivity contribution in [2.75, 3.05) is 18.5 Å². The van der Waals surface area contributed by atoms with Crippen LogP contribution in [0, 0.1) is 5.92 Å². The van der Waals surface area contributed by atoms with Gasteiger partial charge in [0, 0.05) is 20.7 Å². The van der Waals surface area contributed by atoms with Gasteiger partial charge in [0.15, 0.2) is 0 Å². The first-order chi connectivity index (χ1) is 6.44. The molecule has 0 bridgehead atoms. The summed E-state index contributed by atoms with van der Waals surface area (Å²) in [6.07, 6.45) is 1.20. The summed E-state index contributed by atoms with van der Waals surface area (Å²) >= 11 is 3.51. The van der Waals surface area contributed by atoms with Gasteiger partial charge in [-0.25, -0.2) is 0 Å². The van der Waals surface area contributed by atoms with Crippen LogP contribution in [-0.2, 0) is 4.74 Å². The number of halogens is 1. The van der Waals surface area contributed by atoms with E-state index in [2.05, 4.69) is 49.8 Å². The van der Waals surface area contributed by atoms with Crippen LogP contribution in [0.1, 0.15) is 27.2 Å². The molecule has 1 atom stereocenters. The lowest BCUT2D eigenvalue weighted by Gasteiger charge is -2.28. The van der Waals surface area contributed by atoms with Crippen LogP contribution < -0.4 is 0 Å². The van der Waals surface area contributed by atoms with Gasteiger partial charge in [0.25, 0.3) is 0 Å². The van der Waals surface area contributed by atoms with Crippen LogP contribution >= 0.6 is 15.9 Å². The Balaban J connectivity index is 3.72. The second kappa shape index (κ2) is 7.02. The molecule has 0 aromatic heterocycles. The Morgan fingerprint density at radius 2 is 1.93 bits per heavy atom.